The molecule has 0 radical (unpaired) electrons. The molecule has 0 spiro atoms. The van der Waals surface area contributed by atoms with Gasteiger partial charge in [0.25, 0.3) is 0 Å². The molecule has 1 aliphatic rings. The molecule has 2 N–H and O–H groups in total. The lowest BCUT2D eigenvalue weighted by Crippen LogP contribution is -2.04. The van der Waals surface area contributed by atoms with Crippen LogP contribution in [0.15, 0.2) is 18.2 Å². The first-order chi connectivity index (χ1) is 9.70. The molecular formula is C16H21N3O. The van der Waals surface area contributed by atoms with Crippen LogP contribution in [0.1, 0.15) is 31.2 Å². The molecule has 4 nitrogen and oxygen atoms in total. The maximum Gasteiger partial charge on any atom is 0.131 e. The second kappa shape index (κ2) is 5.19. The number of unbranched alkanes of at least 4 members (excludes halogenated alkanes) is 1. The molecule has 0 aliphatic carbocycles. The molecule has 0 fully saturated rings. The molecule has 1 aliphatic heterocycles. The lowest BCUT2D eigenvalue weighted by molar-refractivity contribution is 0.357. The number of benzene rings is 1. The zero-order valence-corrected chi connectivity index (χ0v) is 12.1. The van der Waals surface area contributed by atoms with Crippen molar-refractivity contribution in [3.8, 4) is 17.0 Å². The van der Waals surface area contributed by atoms with Gasteiger partial charge in [0.1, 0.15) is 23.1 Å². The van der Waals surface area contributed by atoms with Crippen molar-refractivity contribution in [1.29, 1.82) is 0 Å². The lowest BCUT2D eigenvalue weighted by Gasteiger charge is -2.07. The normalized spacial score (nSPS) is 13.3. The fourth-order valence-corrected chi connectivity index (χ4v) is 2.73. The van der Waals surface area contributed by atoms with E-state index in [2.05, 4.69) is 22.5 Å². The van der Waals surface area contributed by atoms with E-state index in [0.717, 1.165) is 61.1 Å². The molecule has 0 atom stereocenters. The molecule has 0 saturated heterocycles. The van der Waals surface area contributed by atoms with Gasteiger partial charge in [0.15, 0.2) is 0 Å². The number of aromatic nitrogens is 2. The molecule has 0 amide bonds. The van der Waals surface area contributed by atoms with Crippen LogP contribution in [0.2, 0.25) is 0 Å². The van der Waals surface area contributed by atoms with Crippen molar-refractivity contribution < 1.29 is 4.74 Å². The Balaban J connectivity index is 1.98. The van der Waals surface area contributed by atoms with Crippen LogP contribution in [0.4, 0.5) is 5.82 Å². The lowest BCUT2D eigenvalue weighted by atomic mass is 10.1. The van der Waals surface area contributed by atoms with Crippen LogP contribution < -0.4 is 10.5 Å². The number of imidazole rings is 1. The summed E-state index contributed by atoms with van der Waals surface area (Å²) >= 11 is 0. The van der Waals surface area contributed by atoms with Gasteiger partial charge in [-0.3, -0.25) is 0 Å². The van der Waals surface area contributed by atoms with Gasteiger partial charge < -0.3 is 15.0 Å². The van der Waals surface area contributed by atoms with Crippen LogP contribution in [0.25, 0.3) is 11.3 Å². The number of anilines is 1. The number of nitrogen functional groups attached to an aromatic ring is 1. The van der Waals surface area contributed by atoms with Crippen LogP contribution in [0, 0.1) is 6.92 Å². The minimum Gasteiger partial charge on any atom is -0.493 e. The van der Waals surface area contributed by atoms with Crippen molar-refractivity contribution in [2.75, 3.05) is 12.3 Å². The molecule has 0 bridgehead atoms. The summed E-state index contributed by atoms with van der Waals surface area (Å²) in [6, 6.07) is 6.23. The van der Waals surface area contributed by atoms with E-state index < -0.39 is 0 Å². The van der Waals surface area contributed by atoms with Gasteiger partial charge in [-0.1, -0.05) is 13.3 Å². The summed E-state index contributed by atoms with van der Waals surface area (Å²) < 4.78 is 7.66. The predicted octanol–water partition coefficient (Wildman–Crippen LogP) is 3.18. The first-order valence-electron chi connectivity index (χ1n) is 7.29. The maximum absolute atomic E-state index is 6.29. The fourth-order valence-electron chi connectivity index (χ4n) is 2.73. The van der Waals surface area contributed by atoms with E-state index in [1.807, 2.05) is 19.1 Å². The minimum absolute atomic E-state index is 0.773. The van der Waals surface area contributed by atoms with E-state index in [-0.39, 0.29) is 0 Å². The average Bonchev–Trinajstić information content (AvgIpc) is 3.01. The molecule has 3 rings (SSSR count). The highest BCUT2D eigenvalue weighted by Crippen LogP contribution is 2.32. The summed E-state index contributed by atoms with van der Waals surface area (Å²) in [5, 5.41) is 0. The third-order valence-corrected chi connectivity index (χ3v) is 3.90. The Kier molecular flexibility index (Phi) is 3.38. The Morgan fingerprint density at radius 2 is 2.25 bits per heavy atom. The van der Waals surface area contributed by atoms with Gasteiger partial charge >= 0.3 is 0 Å². The van der Waals surface area contributed by atoms with E-state index in [1.54, 1.807) is 0 Å². The molecule has 20 heavy (non-hydrogen) atoms. The van der Waals surface area contributed by atoms with Crippen LogP contribution in [-0.4, -0.2) is 16.2 Å². The quantitative estimate of drug-likeness (QED) is 0.929. The topological polar surface area (TPSA) is 53.1 Å². The van der Waals surface area contributed by atoms with Crippen LogP contribution in [0.3, 0.4) is 0 Å². The standard InChI is InChI=1S/C16H21N3O/c1-3-4-8-19-11(2)18-15(16(19)17)13-5-6-14-12(10-13)7-9-20-14/h5-6,10H,3-4,7-9,17H2,1-2H3. The highest BCUT2D eigenvalue weighted by Gasteiger charge is 2.17. The third kappa shape index (κ3) is 2.15. The SMILES string of the molecule is CCCCn1c(C)nc(-c2ccc3c(c2)CCO3)c1N. The number of aryl methyl sites for hydroxylation is 1. The number of hydrogen-bond acceptors (Lipinski definition) is 3. The number of fused-ring (bicyclic) bond motifs is 1. The van der Waals surface area contributed by atoms with Crippen molar-refractivity contribution in [2.24, 2.45) is 0 Å². The first-order valence-corrected chi connectivity index (χ1v) is 7.29. The number of ether oxygens (including phenoxy) is 1. The second-order valence-electron chi connectivity index (χ2n) is 5.32. The summed E-state index contributed by atoms with van der Waals surface area (Å²) in [7, 11) is 0. The molecule has 2 heterocycles. The maximum atomic E-state index is 6.29. The molecule has 0 unspecified atom stereocenters. The van der Waals surface area contributed by atoms with E-state index in [0.29, 0.717) is 0 Å². The Hall–Kier alpha value is -1.97. The van der Waals surface area contributed by atoms with Gasteiger partial charge in [0, 0.05) is 18.5 Å². The van der Waals surface area contributed by atoms with Gasteiger partial charge in [-0.25, -0.2) is 4.98 Å². The molecular weight excluding hydrogens is 250 g/mol. The zero-order chi connectivity index (χ0) is 14.1. The molecule has 0 saturated carbocycles. The van der Waals surface area contributed by atoms with Crippen molar-refractivity contribution in [3.63, 3.8) is 0 Å². The summed E-state index contributed by atoms with van der Waals surface area (Å²) in [6.07, 6.45) is 3.25. The van der Waals surface area contributed by atoms with E-state index in [4.69, 9.17) is 10.5 Å². The summed E-state index contributed by atoms with van der Waals surface area (Å²) in [5.74, 6) is 2.76. The number of rotatable bonds is 4. The minimum atomic E-state index is 0.773. The van der Waals surface area contributed by atoms with Crippen molar-refractivity contribution >= 4 is 5.82 Å². The fraction of sp³-hybridized carbons (Fsp3) is 0.438. The van der Waals surface area contributed by atoms with E-state index in [9.17, 15) is 0 Å². The average molecular weight is 271 g/mol. The van der Waals surface area contributed by atoms with Gasteiger partial charge in [-0.15, -0.1) is 0 Å². The highest BCUT2D eigenvalue weighted by atomic mass is 16.5. The van der Waals surface area contributed by atoms with Gasteiger partial charge in [-0.2, -0.15) is 0 Å². The van der Waals surface area contributed by atoms with Crippen LogP contribution in [-0.2, 0) is 13.0 Å². The monoisotopic (exact) mass is 271 g/mol. The third-order valence-electron chi connectivity index (χ3n) is 3.90. The van der Waals surface area contributed by atoms with Crippen molar-refractivity contribution in [2.45, 2.75) is 39.7 Å². The highest BCUT2D eigenvalue weighted by molar-refractivity contribution is 5.72. The smallest absolute Gasteiger partial charge is 0.131 e. The molecule has 1 aromatic carbocycles. The summed E-state index contributed by atoms with van der Waals surface area (Å²) in [5.41, 5.74) is 9.53. The predicted molar refractivity (Wildman–Crippen MR) is 80.9 cm³/mol. The summed E-state index contributed by atoms with van der Waals surface area (Å²) in [4.78, 5) is 4.66. The first kappa shape index (κ1) is 13.0. The number of nitrogens with two attached hydrogens (primary N) is 1. The number of nitrogens with zero attached hydrogens (tertiary/aromatic N) is 2. The summed E-state index contributed by atoms with van der Waals surface area (Å²) in [6.45, 7) is 5.92. The Labute approximate surface area is 119 Å². The Morgan fingerprint density at radius 1 is 1.40 bits per heavy atom. The van der Waals surface area contributed by atoms with Gasteiger partial charge in [0.05, 0.1) is 6.61 Å². The van der Waals surface area contributed by atoms with Gasteiger partial charge in [-0.05, 0) is 37.1 Å². The largest absolute Gasteiger partial charge is 0.493 e. The molecule has 4 heteroatoms. The molecule has 1 aromatic heterocycles. The Bertz CT molecular complexity index is 631. The zero-order valence-electron chi connectivity index (χ0n) is 12.1. The number of hydrogen-bond donors (Lipinski definition) is 1. The second-order valence-corrected chi connectivity index (χ2v) is 5.32. The molecule has 106 valence electrons. The van der Waals surface area contributed by atoms with E-state index in [1.165, 1.54) is 5.56 Å². The van der Waals surface area contributed by atoms with Crippen LogP contribution in [0.5, 0.6) is 5.75 Å². The van der Waals surface area contributed by atoms with Crippen LogP contribution >= 0.6 is 0 Å². The van der Waals surface area contributed by atoms with Crippen molar-refractivity contribution in [3.05, 3.63) is 29.6 Å². The van der Waals surface area contributed by atoms with Crippen molar-refractivity contribution in [1.82, 2.24) is 9.55 Å². The van der Waals surface area contributed by atoms with E-state index >= 15 is 0 Å². The Morgan fingerprint density at radius 3 is 3.05 bits per heavy atom. The van der Waals surface area contributed by atoms with Gasteiger partial charge in [0.2, 0.25) is 0 Å². The molecule has 2 aromatic rings.